The second-order valence-corrected chi connectivity index (χ2v) is 13.0. The second kappa shape index (κ2) is 10.6. The van der Waals surface area contributed by atoms with E-state index in [0.29, 0.717) is 0 Å². The van der Waals surface area contributed by atoms with E-state index in [4.69, 9.17) is 0 Å². The maximum Gasteiger partial charge on any atom is 0.0544 e. The van der Waals surface area contributed by atoms with Gasteiger partial charge in [-0.1, -0.05) is 117 Å². The van der Waals surface area contributed by atoms with Crippen molar-refractivity contribution in [2.75, 3.05) is 4.90 Å². The lowest BCUT2D eigenvalue weighted by Crippen LogP contribution is -2.16. The highest BCUT2D eigenvalue weighted by Crippen LogP contribution is 2.52. The molecule has 0 saturated heterocycles. The van der Waals surface area contributed by atoms with Crippen LogP contribution in [0.2, 0.25) is 0 Å². The number of fused-ring (bicyclic) bond motifs is 6. The van der Waals surface area contributed by atoms with Gasteiger partial charge in [0.2, 0.25) is 0 Å². The summed E-state index contributed by atoms with van der Waals surface area (Å²) in [5.41, 5.74) is 14.8. The average Bonchev–Trinajstić information content (AvgIpc) is 3.57. The highest BCUT2D eigenvalue weighted by molar-refractivity contribution is 6.11. The van der Waals surface area contributed by atoms with E-state index in [0.717, 1.165) is 17.1 Å². The van der Waals surface area contributed by atoms with Gasteiger partial charge in [-0.2, -0.15) is 0 Å². The molecule has 0 bridgehead atoms. The minimum absolute atomic E-state index is 0.174. The summed E-state index contributed by atoms with van der Waals surface area (Å²) in [7, 11) is 0. The van der Waals surface area contributed by atoms with Gasteiger partial charge in [0.05, 0.1) is 11.0 Å². The number of benzene rings is 7. The molecule has 9 rings (SSSR count). The molecule has 1 heterocycles. The number of para-hydroxylation sites is 3. The van der Waals surface area contributed by atoms with Gasteiger partial charge in [-0.15, -0.1) is 0 Å². The number of hydrogen-bond donors (Lipinski definition) is 0. The SMILES string of the molecule is CC1(C)c2cc(N(c3ccccc3)c3ccc(-c4ccccc4)cc3)ccc2-c2cc3c4ccccc4n(-c4ccccc4)c3cc21. The number of hydrogen-bond acceptors (Lipinski definition) is 1. The Bertz CT molecular complexity index is 2400. The third-order valence-electron chi connectivity index (χ3n) is 9.97. The summed E-state index contributed by atoms with van der Waals surface area (Å²) < 4.78 is 2.42. The predicted octanol–water partition coefficient (Wildman–Crippen LogP) is 12.2. The van der Waals surface area contributed by atoms with Crippen LogP contribution in [0.1, 0.15) is 25.0 Å². The van der Waals surface area contributed by atoms with Crippen LogP contribution in [-0.2, 0) is 5.41 Å². The van der Waals surface area contributed by atoms with Gasteiger partial charge in [-0.25, -0.2) is 0 Å². The Kier molecular flexibility index (Phi) is 6.20. The molecule has 0 spiro atoms. The zero-order valence-corrected chi connectivity index (χ0v) is 26.6. The standard InChI is InChI=1S/C45H34N2/c1-45(2)41-28-36(46(33-16-8-4-9-17-33)35-24-22-32(23-25-35)31-14-6-3-7-15-31)26-27-37(41)39-29-40-38-20-12-13-21-43(38)47(44(40)30-42(39)45)34-18-10-5-11-19-34/h3-30H,1-2H3. The molecule has 0 unspecified atom stereocenters. The van der Waals surface area contributed by atoms with Crippen molar-refractivity contribution in [3.63, 3.8) is 0 Å². The van der Waals surface area contributed by atoms with E-state index in [9.17, 15) is 0 Å². The van der Waals surface area contributed by atoms with Crippen molar-refractivity contribution in [3.05, 3.63) is 181 Å². The summed E-state index contributed by atoms with van der Waals surface area (Å²) >= 11 is 0. The van der Waals surface area contributed by atoms with Crippen molar-refractivity contribution in [1.82, 2.24) is 4.57 Å². The number of aromatic nitrogens is 1. The van der Waals surface area contributed by atoms with Crippen LogP contribution in [0.25, 0.3) is 49.7 Å². The van der Waals surface area contributed by atoms with E-state index < -0.39 is 0 Å². The number of nitrogens with zero attached hydrogens (tertiary/aromatic N) is 2. The molecule has 2 heteroatoms. The first kappa shape index (κ1) is 27.5. The van der Waals surface area contributed by atoms with Crippen molar-refractivity contribution in [3.8, 4) is 27.9 Å². The zero-order valence-electron chi connectivity index (χ0n) is 26.6. The summed E-state index contributed by atoms with van der Waals surface area (Å²) in [6.07, 6.45) is 0. The fourth-order valence-electron chi connectivity index (χ4n) is 7.64. The summed E-state index contributed by atoms with van der Waals surface area (Å²) in [5, 5.41) is 2.58. The van der Waals surface area contributed by atoms with Crippen molar-refractivity contribution in [1.29, 1.82) is 0 Å². The van der Waals surface area contributed by atoms with Gasteiger partial charge in [-0.05, 0) is 100 Å². The first-order valence-electron chi connectivity index (χ1n) is 16.4. The lowest BCUT2D eigenvalue weighted by atomic mass is 9.82. The largest absolute Gasteiger partial charge is 0.310 e. The van der Waals surface area contributed by atoms with Gasteiger partial charge in [0.25, 0.3) is 0 Å². The van der Waals surface area contributed by atoms with Crippen LogP contribution >= 0.6 is 0 Å². The Balaban J connectivity index is 1.20. The van der Waals surface area contributed by atoms with E-state index in [1.165, 1.54) is 60.9 Å². The first-order chi connectivity index (χ1) is 23.1. The molecule has 0 N–H and O–H groups in total. The molecule has 0 aliphatic heterocycles. The highest BCUT2D eigenvalue weighted by atomic mass is 15.1. The zero-order chi connectivity index (χ0) is 31.5. The van der Waals surface area contributed by atoms with Crippen LogP contribution in [0.3, 0.4) is 0 Å². The van der Waals surface area contributed by atoms with Crippen LogP contribution in [0.15, 0.2) is 170 Å². The van der Waals surface area contributed by atoms with Gasteiger partial charge < -0.3 is 9.47 Å². The quantitative estimate of drug-likeness (QED) is 0.190. The Morgan fingerprint density at radius 1 is 0.426 bits per heavy atom. The minimum atomic E-state index is -0.174. The normalized spacial score (nSPS) is 13.1. The topological polar surface area (TPSA) is 8.17 Å². The van der Waals surface area contributed by atoms with Gasteiger partial charge in [-0.3, -0.25) is 0 Å². The Labute approximate surface area is 275 Å². The van der Waals surface area contributed by atoms with E-state index >= 15 is 0 Å². The Morgan fingerprint density at radius 2 is 1.00 bits per heavy atom. The molecular weight excluding hydrogens is 569 g/mol. The van der Waals surface area contributed by atoms with Gasteiger partial charge in [0.15, 0.2) is 0 Å². The summed E-state index contributed by atoms with van der Waals surface area (Å²) in [5.74, 6) is 0. The van der Waals surface area contributed by atoms with Gasteiger partial charge in [0.1, 0.15) is 0 Å². The van der Waals surface area contributed by atoms with E-state index in [1.54, 1.807) is 0 Å². The van der Waals surface area contributed by atoms with Crippen molar-refractivity contribution in [2.24, 2.45) is 0 Å². The van der Waals surface area contributed by atoms with Crippen LogP contribution < -0.4 is 4.90 Å². The van der Waals surface area contributed by atoms with Gasteiger partial charge in [0, 0.05) is 38.9 Å². The second-order valence-electron chi connectivity index (χ2n) is 13.0. The van der Waals surface area contributed by atoms with E-state index in [-0.39, 0.29) is 5.41 Å². The smallest absolute Gasteiger partial charge is 0.0544 e. The molecule has 47 heavy (non-hydrogen) atoms. The number of anilines is 3. The molecule has 2 nitrogen and oxygen atoms in total. The fraction of sp³-hybridized carbons (Fsp3) is 0.0667. The van der Waals surface area contributed by atoms with E-state index in [1.807, 2.05) is 0 Å². The van der Waals surface area contributed by atoms with Crippen molar-refractivity contribution in [2.45, 2.75) is 19.3 Å². The monoisotopic (exact) mass is 602 g/mol. The maximum atomic E-state index is 2.45. The molecule has 0 amide bonds. The molecule has 1 aromatic heterocycles. The molecule has 0 radical (unpaired) electrons. The number of rotatable bonds is 5. The third kappa shape index (κ3) is 4.33. The Morgan fingerprint density at radius 3 is 1.74 bits per heavy atom. The maximum absolute atomic E-state index is 2.45. The fourth-order valence-corrected chi connectivity index (χ4v) is 7.64. The molecule has 0 atom stereocenters. The third-order valence-corrected chi connectivity index (χ3v) is 9.97. The van der Waals surface area contributed by atoms with Crippen molar-refractivity contribution >= 4 is 38.9 Å². The molecule has 1 aliphatic carbocycles. The van der Waals surface area contributed by atoms with Crippen LogP contribution in [0.4, 0.5) is 17.1 Å². The predicted molar refractivity (Wildman–Crippen MR) is 198 cm³/mol. The molecule has 0 saturated carbocycles. The molecule has 0 fully saturated rings. The van der Waals surface area contributed by atoms with E-state index in [2.05, 4.69) is 193 Å². The summed E-state index contributed by atoms with van der Waals surface area (Å²) in [6.45, 7) is 4.76. The summed E-state index contributed by atoms with van der Waals surface area (Å²) in [6, 6.07) is 61.7. The van der Waals surface area contributed by atoms with Crippen LogP contribution in [0.5, 0.6) is 0 Å². The molecule has 7 aromatic carbocycles. The summed E-state index contributed by atoms with van der Waals surface area (Å²) in [4.78, 5) is 2.38. The average molecular weight is 603 g/mol. The lowest BCUT2D eigenvalue weighted by Gasteiger charge is -2.28. The van der Waals surface area contributed by atoms with Crippen LogP contribution in [-0.4, -0.2) is 4.57 Å². The molecular formula is C45H34N2. The van der Waals surface area contributed by atoms with Crippen LogP contribution in [0, 0.1) is 0 Å². The Hall–Kier alpha value is -5.86. The minimum Gasteiger partial charge on any atom is -0.310 e. The molecule has 1 aliphatic rings. The van der Waals surface area contributed by atoms with Crippen molar-refractivity contribution < 1.29 is 0 Å². The lowest BCUT2D eigenvalue weighted by molar-refractivity contribution is 0.661. The van der Waals surface area contributed by atoms with Gasteiger partial charge >= 0.3 is 0 Å². The molecule has 224 valence electrons. The first-order valence-corrected chi connectivity index (χ1v) is 16.4. The highest BCUT2D eigenvalue weighted by Gasteiger charge is 2.37. The molecule has 8 aromatic rings.